The Morgan fingerprint density at radius 3 is 2.66 bits per heavy atom. The average molecular weight is 467 g/mol. The monoisotopic (exact) mass is 467 g/mol. The Labute approximate surface area is 200 Å². The van der Waals surface area contributed by atoms with Crippen LogP contribution in [0.2, 0.25) is 0 Å². The number of nitrogens with zero attached hydrogens (tertiary/aromatic N) is 4. The van der Waals surface area contributed by atoms with Crippen molar-refractivity contribution in [3.05, 3.63) is 96.5 Å². The molecule has 2 aromatic carbocycles. The van der Waals surface area contributed by atoms with Crippen molar-refractivity contribution in [3.63, 3.8) is 0 Å². The molecule has 3 heterocycles. The van der Waals surface area contributed by atoms with E-state index in [1.165, 1.54) is 13.4 Å². The minimum Gasteiger partial charge on any atom is -0.497 e. The second-order valence-electron chi connectivity index (χ2n) is 7.64. The molecule has 0 bridgehead atoms. The summed E-state index contributed by atoms with van der Waals surface area (Å²) in [5, 5.41) is 16.1. The van der Waals surface area contributed by atoms with Crippen molar-refractivity contribution in [2.24, 2.45) is 0 Å². The lowest BCUT2D eigenvalue weighted by Gasteiger charge is -2.29. The zero-order chi connectivity index (χ0) is 24.3. The summed E-state index contributed by atoms with van der Waals surface area (Å²) in [6, 6.07) is 21.6. The SMILES string of the molecule is COc1cccc(C(OC)(C(=O)Nc2cccc(-c3cnnc4ccccc34)n2)c2ccon2)c1. The fourth-order valence-corrected chi connectivity index (χ4v) is 4.02. The number of ether oxygens (including phenoxy) is 2. The lowest BCUT2D eigenvalue weighted by atomic mass is 9.88. The molecule has 1 N–H and O–H groups in total. The van der Waals surface area contributed by atoms with E-state index in [2.05, 4.69) is 25.7 Å². The molecule has 9 heteroatoms. The van der Waals surface area contributed by atoms with Gasteiger partial charge in [0.05, 0.1) is 24.5 Å². The van der Waals surface area contributed by atoms with Crippen molar-refractivity contribution in [2.45, 2.75) is 5.60 Å². The van der Waals surface area contributed by atoms with Gasteiger partial charge >= 0.3 is 0 Å². The van der Waals surface area contributed by atoms with Gasteiger partial charge in [-0.05, 0) is 30.3 Å². The third kappa shape index (κ3) is 3.98. The van der Waals surface area contributed by atoms with Crippen LogP contribution in [0.15, 0.2) is 89.8 Å². The minimum absolute atomic E-state index is 0.284. The summed E-state index contributed by atoms with van der Waals surface area (Å²) < 4.78 is 16.2. The first-order chi connectivity index (χ1) is 17.2. The van der Waals surface area contributed by atoms with Crippen molar-refractivity contribution < 1.29 is 18.8 Å². The number of nitrogens with one attached hydrogen (secondary N) is 1. The third-order valence-corrected chi connectivity index (χ3v) is 5.71. The molecular weight excluding hydrogens is 446 g/mol. The van der Waals surface area contributed by atoms with Gasteiger partial charge in [0.2, 0.25) is 5.60 Å². The van der Waals surface area contributed by atoms with E-state index in [1.54, 1.807) is 49.7 Å². The van der Waals surface area contributed by atoms with Crippen LogP contribution in [0, 0.1) is 0 Å². The van der Waals surface area contributed by atoms with Crippen LogP contribution >= 0.6 is 0 Å². The van der Waals surface area contributed by atoms with Crippen molar-refractivity contribution in [1.29, 1.82) is 0 Å². The normalized spacial score (nSPS) is 12.7. The molecule has 35 heavy (non-hydrogen) atoms. The number of amides is 1. The van der Waals surface area contributed by atoms with Crippen LogP contribution in [0.5, 0.6) is 5.75 Å². The second-order valence-corrected chi connectivity index (χ2v) is 7.64. The highest BCUT2D eigenvalue weighted by atomic mass is 16.5. The van der Waals surface area contributed by atoms with Gasteiger partial charge in [0.25, 0.3) is 5.91 Å². The molecule has 9 nitrogen and oxygen atoms in total. The molecule has 3 aromatic heterocycles. The third-order valence-electron chi connectivity index (χ3n) is 5.71. The molecular formula is C26H21N5O4. The summed E-state index contributed by atoms with van der Waals surface area (Å²) in [5.41, 5.74) is 1.39. The van der Waals surface area contributed by atoms with Crippen LogP contribution in [-0.2, 0) is 15.1 Å². The zero-order valence-electron chi connectivity index (χ0n) is 19.0. The molecule has 1 amide bonds. The van der Waals surface area contributed by atoms with Crippen molar-refractivity contribution >= 4 is 22.6 Å². The highest BCUT2D eigenvalue weighted by Crippen LogP contribution is 2.35. The molecule has 0 aliphatic rings. The van der Waals surface area contributed by atoms with E-state index in [0.29, 0.717) is 22.8 Å². The lowest BCUT2D eigenvalue weighted by molar-refractivity contribution is -0.134. The van der Waals surface area contributed by atoms with E-state index in [4.69, 9.17) is 14.0 Å². The number of rotatable bonds is 7. The first-order valence-corrected chi connectivity index (χ1v) is 10.8. The number of carbonyl (C=O) groups is 1. The van der Waals surface area contributed by atoms with Gasteiger partial charge < -0.3 is 19.3 Å². The number of benzene rings is 2. The van der Waals surface area contributed by atoms with E-state index in [1.807, 2.05) is 36.4 Å². The van der Waals surface area contributed by atoms with Gasteiger partial charge in [-0.15, -0.1) is 0 Å². The van der Waals surface area contributed by atoms with Gasteiger partial charge in [0.1, 0.15) is 23.5 Å². The Morgan fingerprint density at radius 2 is 1.86 bits per heavy atom. The molecule has 5 rings (SSSR count). The molecule has 1 unspecified atom stereocenters. The maximum Gasteiger partial charge on any atom is 0.268 e. The number of anilines is 1. The minimum atomic E-state index is -1.61. The van der Waals surface area contributed by atoms with Gasteiger partial charge in [-0.3, -0.25) is 4.79 Å². The Balaban J connectivity index is 1.55. The molecule has 0 aliphatic carbocycles. The largest absolute Gasteiger partial charge is 0.497 e. The van der Waals surface area contributed by atoms with E-state index in [-0.39, 0.29) is 5.69 Å². The summed E-state index contributed by atoms with van der Waals surface area (Å²) in [5.74, 6) is 0.406. The van der Waals surface area contributed by atoms with Gasteiger partial charge in [-0.2, -0.15) is 10.2 Å². The van der Waals surface area contributed by atoms with Gasteiger partial charge in [-0.1, -0.05) is 41.6 Å². The highest BCUT2D eigenvalue weighted by molar-refractivity contribution is 6.00. The van der Waals surface area contributed by atoms with Crippen LogP contribution in [0.4, 0.5) is 5.82 Å². The first kappa shape index (κ1) is 22.2. The molecule has 0 aliphatic heterocycles. The number of carbonyl (C=O) groups excluding carboxylic acids is 1. The number of pyridine rings is 1. The molecule has 174 valence electrons. The standard InChI is InChI=1S/C26H21N5O4/c1-33-18-8-5-7-17(15-18)26(34-2,23-13-14-35-31-23)25(32)29-24-12-6-11-21(28-24)20-16-27-30-22-10-4-3-9-19(20)22/h3-16H,1-2H3,(H,28,29,32). The first-order valence-electron chi connectivity index (χ1n) is 10.8. The van der Waals surface area contributed by atoms with Crippen molar-refractivity contribution in [1.82, 2.24) is 20.3 Å². The summed E-state index contributed by atoms with van der Waals surface area (Å²) in [6.45, 7) is 0. The van der Waals surface area contributed by atoms with Gasteiger partial charge in [0.15, 0.2) is 0 Å². The quantitative estimate of drug-likeness (QED) is 0.379. The topological polar surface area (TPSA) is 112 Å². The highest BCUT2D eigenvalue weighted by Gasteiger charge is 2.45. The van der Waals surface area contributed by atoms with Crippen LogP contribution < -0.4 is 10.1 Å². The lowest BCUT2D eigenvalue weighted by Crippen LogP contribution is -2.43. The maximum absolute atomic E-state index is 13.8. The Bertz CT molecular complexity index is 1480. The van der Waals surface area contributed by atoms with Crippen molar-refractivity contribution in [3.8, 4) is 17.0 Å². The summed E-state index contributed by atoms with van der Waals surface area (Å²) in [4.78, 5) is 18.5. The average Bonchev–Trinajstić information content (AvgIpc) is 3.45. The van der Waals surface area contributed by atoms with E-state index in [0.717, 1.165) is 16.5 Å². The predicted molar refractivity (Wildman–Crippen MR) is 129 cm³/mol. The van der Waals surface area contributed by atoms with Crippen LogP contribution in [-0.4, -0.2) is 40.5 Å². The molecule has 0 radical (unpaired) electrons. The molecule has 0 saturated carbocycles. The molecule has 0 saturated heterocycles. The maximum atomic E-state index is 13.8. The Hall–Kier alpha value is -4.63. The van der Waals surface area contributed by atoms with Crippen LogP contribution in [0.25, 0.3) is 22.2 Å². The second kappa shape index (κ2) is 9.32. The number of hydrogen-bond acceptors (Lipinski definition) is 8. The number of methoxy groups -OCH3 is 2. The molecule has 0 fully saturated rings. The predicted octanol–water partition coefficient (Wildman–Crippen LogP) is 4.22. The smallest absolute Gasteiger partial charge is 0.268 e. The number of fused-ring (bicyclic) bond motifs is 1. The fourth-order valence-electron chi connectivity index (χ4n) is 4.02. The van der Waals surface area contributed by atoms with Crippen LogP contribution in [0.1, 0.15) is 11.3 Å². The Morgan fingerprint density at radius 1 is 1.00 bits per heavy atom. The number of aromatic nitrogens is 4. The summed E-state index contributed by atoms with van der Waals surface area (Å²) >= 11 is 0. The summed E-state index contributed by atoms with van der Waals surface area (Å²) in [6.07, 6.45) is 3.04. The Kier molecular flexibility index (Phi) is 5.90. The van der Waals surface area contributed by atoms with E-state index >= 15 is 0 Å². The zero-order valence-corrected chi connectivity index (χ0v) is 19.0. The van der Waals surface area contributed by atoms with Crippen molar-refractivity contribution in [2.75, 3.05) is 19.5 Å². The van der Waals surface area contributed by atoms with Crippen LogP contribution in [0.3, 0.4) is 0 Å². The molecule has 1 atom stereocenters. The van der Waals surface area contributed by atoms with E-state index in [9.17, 15) is 4.79 Å². The van der Waals surface area contributed by atoms with Gasteiger partial charge in [-0.25, -0.2) is 4.98 Å². The van der Waals surface area contributed by atoms with Gasteiger partial charge in [0, 0.05) is 29.7 Å². The van der Waals surface area contributed by atoms with E-state index < -0.39 is 11.5 Å². The number of hydrogen-bond donors (Lipinski definition) is 1. The molecule has 5 aromatic rings. The summed E-state index contributed by atoms with van der Waals surface area (Å²) in [7, 11) is 2.99. The molecule has 0 spiro atoms. The fraction of sp³-hybridized carbons (Fsp3) is 0.115.